The van der Waals surface area contributed by atoms with Crippen LogP contribution in [0.4, 0.5) is 0 Å². The summed E-state index contributed by atoms with van der Waals surface area (Å²) in [4.78, 5) is 4.66. The molecule has 1 atom stereocenters. The quantitative estimate of drug-likeness (QED) is 0.810. The lowest BCUT2D eigenvalue weighted by Crippen LogP contribution is -1.98. The molecule has 3 rings (SSSR count). The van der Waals surface area contributed by atoms with Crippen molar-refractivity contribution in [2.75, 3.05) is 0 Å². The van der Waals surface area contributed by atoms with E-state index < -0.39 is 0 Å². The number of nitrogens with zero attached hydrogens (tertiary/aromatic N) is 1. The zero-order valence-corrected chi connectivity index (χ0v) is 11.8. The van der Waals surface area contributed by atoms with E-state index in [1.165, 1.54) is 23.3 Å². The van der Waals surface area contributed by atoms with Gasteiger partial charge < -0.3 is 4.74 Å². The molecule has 2 aromatic rings. The molecule has 1 heterocycles. The average molecular weight is 265 g/mol. The highest BCUT2D eigenvalue weighted by Crippen LogP contribution is 2.20. The number of aliphatic imine (C=N–C) groups is 1. The van der Waals surface area contributed by atoms with Crippen molar-refractivity contribution in [3.63, 3.8) is 0 Å². The third-order valence-electron chi connectivity index (χ3n) is 3.61. The molecule has 0 N–H and O–H groups in total. The minimum atomic E-state index is 0.471. The Bertz CT molecular complexity index is 587. The van der Waals surface area contributed by atoms with Crippen molar-refractivity contribution in [2.45, 2.75) is 32.4 Å². The van der Waals surface area contributed by atoms with E-state index in [0.29, 0.717) is 12.6 Å². The third kappa shape index (κ3) is 3.08. The second-order valence-electron chi connectivity index (χ2n) is 5.26. The zero-order chi connectivity index (χ0) is 13.8. The Morgan fingerprint density at radius 3 is 2.45 bits per heavy atom. The predicted molar refractivity (Wildman–Crippen MR) is 82.4 cm³/mol. The molecular weight excluding hydrogens is 246 g/mol. The summed E-state index contributed by atoms with van der Waals surface area (Å²) in [6, 6.07) is 19.0. The summed E-state index contributed by atoms with van der Waals surface area (Å²) in [6.07, 6.45) is 2.26. The first-order valence-corrected chi connectivity index (χ1v) is 7.15. The number of rotatable bonds is 4. The maximum atomic E-state index is 5.79. The summed E-state index contributed by atoms with van der Waals surface area (Å²) in [5.41, 5.74) is 3.64. The van der Waals surface area contributed by atoms with Gasteiger partial charge in [-0.05, 0) is 55.2 Å². The van der Waals surface area contributed by atoms with E-state index in [1.807, 2.05) is 30.3 Å². The lowest BCUT2D eigenvalue weighted by atomic mass is 10.1. The van der Waals surface area contributed by atoms with Gasteiger partial charge in [0.1, 0.15) is 12.4 Å². The minimum Gasteiger partial charge on any atom is -0.489 e. The highest BCUT2D eigenvalue weighted by molar-refractivity contribution is 6.01. The lowest BCUT2D eigenvalue weighted by Gasteiger charge is -2.07. The van der Waals surface area contributed by atoms with Gasteiger partial charge in [-0.2, -0.15) is 0 Å². The first kappa shape index (κ1) is 12.9. The molecule has 0 unspecified atom stereocenters. The SMILES string of the molecule is C[C@@H]1CCC(c2ccc(OCc3ccccc3)cc2)=N1. The summed E-state index contributed by atoms with van der Waals surface area (Å²) in [6.45, 7) is 2.78. The number of hydrogen-bond donors (Lipinski definition) is 0. The van der Waals surface area contributed by atoms with Gasteiger partial charge in [0.15, 0.2) is 0 Å². The van der Waals surface area contributed by atoms with Crippen molar-refractivity contribution < 1.29 is 4.74 Å². The molecule has 2 nitrogen and oxygen atoms in total. The molecule has 102 valence electrons. The van der Waals surface area contributed by atoms with Crippen molar-refractivity contribution in [2.24, 2.45) is 4.99 Å². The second kappa shape index (κ2) is 5.91. The van der Waals surface area contributed by atoms with Gasteiger partial charge in [-0.1, -0.05) is 30.3 Å². The van der Waals surface area contributed by atoms with Gasteiger partial charge in [-0.15, -0.1) is 0 Å². The molecule has 0 saturated carbocycles. The van der Waals surface area contributed by atoms with E-state index in [2.05, 4.69) is 36.2 Å². The Morgan fingerprint density at radius 1 is 1.05 bits per heavy atom. The van der Waals surface area contributed by atoms with Gasteiger partial charge in [0, 0.05) is 11.8 Å². The number of benzene rings is 2. The first-order valence-electron chi connectivity index (χ1n) is 7.15. The van der Waals surface area contributed by atoms with Crippen LogP contribution in [0.25, 0.3) is 0 Å². The maximum Gasteiger partial charge on any atom is 0.119 e. The van der Waals surface area contributed by atoms with Crippen LogP contribution >= 0.6 is 0 Å². The Hall–Kier alpha value is -2.09. The lowest BCUT2D eigenvalue weighted by molar-refractivity contribution is 0.306. The van der Waals surface area contributed by atoms with Gasteiger partial charge >= 0.3 is 0 Å². The molecule has 0 aliphatic carbocycles. The van der Waals surface area contributed by atoms with Crippen LogP contribution < -0.4 is 4.74 Å². The minimum absolute atomic E-state index is 0.471. The fourth-order valence-corrected chi connectivity index (χ4v) is 2.44. The standard InChI is InChI=1S/C18H19NO/c1-14-7-12-18(19-14)16-8-10-17(11-9-16)20-13-15-5-3-2-4-6-15/h2-6,8-11,14H,7,12-13H2,1H3/t14-/m1/s1. The summed E-state index contributed by atoms with van der Waals surface area (Å²) in [5.74, 6) is 0.907. The van der Waals surface area contributed by atoms with E-state index in [1.54, 1.807) is 0 Å². The van der Waals surface area contributed by atoms with E-state index in [-0.39, 0.29) is 0 Å². The number of ether oxygens (including phenoxy) is 1. The van der Waals surface area contributed by atoms with Crippen LogP contribution in [-0.4, -0.2) is 11.8 Å². The monoisotopic (exact) mass is 265 g/mol. The van der Waals surface area contributed by atoms with Crippen LogP contribution in [0.1, 0.15) is 30.9 Å². The van der Waals surface area contributed by atoms with Gasteiger partial charge in [0.2, 0.25) is 0 Å². The second-order valence-corrected chi connectivity index (χ2v) is 5.26. The third-order valence-corrected chi connectivity index (χ3v) is 3.61. The van der Waals surface area contributed by atoms with E-state index in [4.69, 9.17) is 4.74 Å². The van der Waals surface area contributed by atoms with Gasteiger partial charge in [0.05, 0.1) is 0 Å². The molecule has 1 aliphatic heterocycles. The Balaban J connectivity index is 1.63. The molecule has 2 heteroatoms. The highest BCUT2D eigenvalue weighted by Gasteiger charge is 2.14. The molecule has 0 spiro atoms. The molecular formula is C18H19NO. The highest BCUT2D eigenvalue weighted by atomic mass is 16.5. The van der Waals surface area contributed by atoms with Gasteiger partial charge in [0.25, 0.3) is 0 Å². The maximum absolute atomic E-state index is 5.79. The Morgan fingerprint density at radius 2 is 1.80 bits per heavy atom. The molecule has 0 aromatic heterocycles. The zero-order valence-electron chi connectivity index (χ0n) is 11.8. The van der Waals surface area contributed by atoms with Crippen LogP contribution in [0.2, 0.25) is 0 Å². The molecule has 20 heavy (non-hydrogen) atoms. The molecule has 0 saturated heterocycles. The molecule has 0 bridgehead atoms. The first-order chi connectivity index (χ1) is 9.81. The predicted octanol–water partition coefficient (Wildman–Crippen LogP) is 4.24. The van der Waals surface area contributed by atoms with Crippen LogP contribution in [0.5, 0.6) is 5.75 Å². The topological polar surface area (TPSA) is 21.6 Å². The van der Waals surface area contributed by atoms with Crippen LogP contribution in [0.3, 0.4) is 0 Å². The van der Waals surface area contributed by atoms with Crippen molar-refractivity contribution >= 4 is 5.71 Å². The summed E-state index contributed by atoms with van der Waals surface area (Å²) in [7, 11) is 0. The summed E-state index contributed by atoms with van der Waals surface area (Å²) < 4.78 is 5.79. The Labute approximate surface area is 120 Å². The van der Waals surface area contributed by atoms with E-state index in [0.717, 1.165) is 12.2 Å². The fraction of sp³-hybridized carbons (Fsp3) is 0.278. The molecule has 0 fully saturated rings. The smallest absolute Gasteiger partial charge is 0.119 e. The van der Waals surface area contributed by atoms with Crippen LogP contribution in [0, 0.1) is 0 Å². The fourth-order valence-electron chi connectivity index (χ4n) is 2.44. The summed E-state index contributed by atoms with van der Waals surface area (Å²) in [5, 5.41) is 0. The average Bonchev–Trinajstić information content (AvgIpc) is 2.93. The van der Waals surface area contributed by atoms with Crippen molar-refractivity contribution in [3.8, 4) is 5.75 Å². The van der Waals surface area contributed by atoms with Crippen LogP contribution in [0.15, 0.2) is 59.6 Å². The normalized spacial score (nSPS) is 17.9. The Kier molecular flexibility index (Phi) is 3.82. The van der Waals surface area contributed by atoms with E-state index in [9.17, 15) is 0 Å². The molecule has 2 aromatic carbocycles. The largest absolute Gasteiger partial charge is 0.489 e. The van der Waals surface area contributed by atoms with Crippen molar-refractivity contribution in [1.29, 1.82) is 0 Å². The number of hydrogen-bond acceptors (Lipinski definition) is 2. The van der Waals surface area contributed by atoms with E-state index >= 15 is 0 Å². The molecule has 1 aliphatic rings. The van der Waals surface area contributed by atoms with Gasteiger partial charge in [-0.25, -0.2) is 0 Å². The van der Waals surface area contributed by atoms with Crippen molar-refractivity contribution in [1.82, 2.24) is 0 Å². The summed E-state index contributed by atoms with van der Waals surface area (Å²) >= 11 is 0. The van der Waals surface area contributed by atoms with Crippen molar-refractivity contribution in [3.05, 3.63) is 65.7 Å². The molecule has 0 amide bonds. The molecule has 0 radical (unpaired) electrons. The van der Waals surface area contributed by atoms with Crippen LogP contribution in [-0.2, 0) is 6.61 Å². The van der Waals surface area contributed by atoms with Gasteiger partial charge in [-0.3, -0.25) is 4.99 Å².